The molecule has 0 bridgehead atoms. The maximum absolute atomic E-state index is 6.14. The topological polar surface area (TPSA) is 30.9 Å². The Kier molecular flexibility index (Phi) is 4.78. The summed E-state index contributed by atoms with van der Waals surface area (Å²) in [6.07, 6.45) is 3.41. The monoisotopic (exact) mass is 291 g/mol. The Bertz CT molecular complexity index is 429. The maximum Gasteiger partial charge on any atom is 0.125 e. The fourth-order valence-corrected chi connectivity index (χ4v) is 3.32. The van der Waals surface area contributed by atoms with Crippen molar-refractivity contribution in [2.24, 2.45) is 0 Å². The summed E-state index contributed by atoms with van der Waals surface area (Å²) in [5.74, 6) is 0.945. The van der Waals surface area contributed by atoms with Crippen LogP contribution in [-0.4, -0.2) is 56.6 Å². The Labute approximate surface area is 127 Å². The van der Waals surface area contributed by atoms with Gasteiger partial charge in [0.15, 0.2) is 0 Å². The molecule has 0 aromatic heterocycles. The summed E-state index contributed by atoms with van der Waals surface area (Å²) in [5.41, 5.74) is 0.0447. The van der Waals surface area contributed by atoms with Crippen molar-refractivity contribution in [2.45, 2.75) is 31.0 Å². The quantitative estimate of drug-likeness (QED) is 0.833. The summed E-state index contributed by atoms with van der Waals surface area (Å²) in [6.45, 7) is 4.75. The Morgan fingerprint density at radius 3 is 2.71 bits per heavy atom. The summed E-state index contributed by atoms with van der Waals surface area (Å²) in [7, 11) is 1.76. The van der Waals surface area contributed by atoms with Crippen molar-refractivity contribution >= 4 is 0 Å². The lowest BCUT2D eigenvalue weighted by Gasteiger charge is -2.38. The summed E-state index contributed by atoms with van der Waals surface area (Å²) in [4.78, 5) is 2.46. The molecule has 2 fully saturated rings. The van der Waals surface area contributed by atoms with Crippen molar-refractivity contribution in [3.8, 4) is 5.75 Å². The lowest BCUT2D eigenvalue weighted by Crippen LogP contribution is -2.45. The first-order valence-corrected chi connectivity index (χ1v) is 7.87. The molecule has 21 heavy (non-hydrogen) atoms. The summed E-state index contributed by atoms with van der Waals surface area (Å²) >= 11 is 0. The van der Waals surface area contributed by atoms with E-state index in [1.807, 2.05) is 30.3 Å². The predicted molar refractivity (Wildman–Crippen MR) is 81.7 cm³/mol. The molecule has 4 heteroatoms. The summed E-state index contributed by atoms with van der Waals surface area (Å²) < 4.78 is 17.3. The van der Waals surface area contributed by atoms with Gasteiger partial charge in [-0.25, -0.2) is 0 Å². The molecule has 4 nitrogen and oxygen atoms in total. The van der Waals surface area contributed by atoms with Crippen LogP contribution in [0, 0.1) is 0 Å². The van der Waals surface area contributed by atoms with Gasteiger partial charge in [-0.15, -0.1) is 0 Å². The number of hydrogen-bond acceptors (Lipinski definition) is 4. The van der Waals surface area contributed by atoms with Gasteiger partial charge in [-0.05, 0) is 25.0 Å². The molecule has 0 unspecified atom stereocenters. The van der Waals surface area contributed by atoms with Crippen LogP contribution in [0.1, 0.15) is 19.3 Å². The third-order valence-electron chi connectivity index (χ3n) is 4.60. The smallest absolute Gasteiger partial charge is 0.125 e. The van der Waals surface area contributed by atoms with Crippen LogP contribution in [0.3, 0.4) is 0 Å². The number of rotatable bonds is 5. The molecule has 2 aliphatic rings. The van der Waals surface area contributed by atoms with E-state index in [4.69, 9.17) is 14.2 Å². The lowest BCUT2D eigenvalue weighted by atomic mass is 9.88. The van der Waals surface area contributed by atoms with Crippen LogP contribution in [0.15, 0.2) is 30.3 Å². The minimum Gasteiger partial charge on any atom is -0.488 e. The Balaban J connectivity index is 1.48. The van der Waals surface area contributed by atoms with E-state index in [1.165, 1.54) is 0 Å². The highest BCUT2D eigenvalue weighted by Gasteiger charge is 2.43. The standard InChI is InChI=1S/C17H25NO3/c1-19-12-11-18-9-7-17(8-10-18)13-16(14-20-17)21-15-5-3-2-4-6-15/h2-6,16H,7-14H2,1H3/t16-/m1/s1. The number of methoxy groups -OCH3 is 1. The van der Waals surface area contributed by atoms with Gasteiger partial charge in [0.2, 0.25) is 0 Å². The molecule has 0 radical (unpaired) electrons. The molecule has 2 saturated heterocycles. The zero-order valence-electron chi connectivity index (χ0n) is 12.8. The van der Waals surface area contributed by atoms with Crippen molar-refractivity contribution in [3.05, 3.63) is 30.3 Å². The van der Waals surface area contributed by atoms with Gasteiger partial charge in [0.05, 0.1) is 18.8 Å². The van der Waals surface area contributed by atoms with Gasteiger partial charge < -0.3 is 19.1 Å². The maximum atomic E-state index is 6.14. The van der Waals surface area contributed by atoms with Crippen LogP contribution in [0.2, 0.25) is 0 Å². The second-order valence-electron chi connectivity index (χ2n) is 6.09. The minimum atomic E-state index is 0.0447. The van der Waals surface area contributed by atoms with E-state index in [0.717, 1.165) is 51.3 Å². The minimum absolute atomic E-state index is 0.0447. The molecule has 0 N–H and O–H groups in total. The van der Waals surface area contributed by atoms with Crippen LogP contribution in [0.25, 0.3) is 0 Å². The van der Waals surface area contributed by atoms with E-state index in [0.29, 0.717) is 6.61 Å². The Morgan fingerprint density at radius 1 is 1.24 bits per heavy atom. The molecule has 116 valence electrons. The molecule has 0 amide bonds. The number of nitrogens with zero attached hydrogens (tertiary/aromatic N) is 1. The van der Waals surface area contributed by atoms with E-state index in [2.05, 4.69) is 4.90 Å². The van der Waals surface area contributed by atoms with Gasteiger partial charge in [0.1, 0.15) is 11.9 Å². The number of piperidine rings is 1. The highest BCUT2D eigenvalue weighted by molar-refractivity contribution is 5.21. The van der Waals surface area contributed by atoms with Crippen LogP contribution in [0.5, 0.6) is 5.75 Å². The molecule has 2 aliphatic heterocycles. The zero-order chi connectivity index (χ0) is 14.5. The number of benzene rings is 1. The van der Waals surface area contributed by atoms with E-state index in [9.17, 15) is 0 Å². The van der Waals surface area contributed by atoms with E-state index >= 15 is 0 Å². The van der Waals surface area contributed by atoms with Crippen LogP contribution in [-0.2, 0) is 9.47 Å². The third kappa shape index (κ3) is 3.76. The van der Waals surface area contributed by atoms with Gasteiger partial charge in [0, 0.05) is 33.2 Å². The van der Waals surface area contributed by atoms with Gasteiger partial charge in [0.25, 0.3) is 0 Å². The average molecular weight is 291 g/mol. The third-order valence-corrected chi connectivity index (χ3v) is 4.60. The summed E-state index contributed by atoms with van der Waals surface area (Å²) in [5, 5.41) is 0. The first kappa shape index (κ1) is 14.8. The zero-order valence-corrected chi connectivity index (χ0v) is 12.8. The first-order valence-electron chi connectivity index (χ1n) is 7.87. The van der Waals surface area contributed by atoms with Crippen molar-refractivity contribution in [1.29, 1.82) is 0 Å². The first-order chi connectivity index (χ1) is 10.3. The molecule has 1 aromatic rings. The normalized spacial score (nSPS) is 25.3. The van der Waals surface area contributed by atoms with E-state index < -0.39 is 0 Å². The van der Waals surface area contributed by atoms with Crippen LogP contribution >= 0.6 is 0 Å². The van der Waals surface area contributed by atoms with Gasteiger partial charge >= 0.3 is 0 Å². The average Bonchev–Trinajstić information content (AvgIpc) is 2.91. The Hall–Kier alpha value is -1.10. The van der Waals surface area contributed by atoms with Gasteiger partial charge in [-0.3, -0.25) is 0 Å². The Morgan fingerprint density at radius 2 is 2.00 bits per heavy atom. The molecular weight excluding hydrogens is 266 g/mol. The fraction of sp³-hybridized carbons (Fsp3) is 0.647. The lowest BCUT2D eigenvalue weighted by molar-refractivity contribution is -0.0465. The summed E-state index contributed by atoms with van der Waals surface area (Å²) in [6, 6.07) is 10.1. The fourth-order valence-electron chi connectivity index (χ4n) is 3.32. The number of hydrogen-bond donors (Lipinski definition) is 0. The van der Waals surface area contributed by atoms with Crippen molar-refractivity contribution < 1.29 is 14.2 Å². The molecular formula is C17H25NO3. The second-order valence-corrected chi connectivity index (χ2v) is 6.09. The van der Waals surface area contributed by atoms with E-state index in [-0.39, 0.29) is 11.7 Å². The van der Waals surface area contributed by atoms with Crippen molar-refractivity contribution in [2.75, 3.05) is 40.0 Å². The molecule has 3 rings (SSSR count). The largest absolute Gasteiger partial charge is 0.488 e. The number of likely N-dealkylation sites (tertiary alicyclic amines) is 1. The molecule has 0 aliphatic carbocycles. The number of ether oxygens (including phenoxy) is 3. The number of para-hydroxylation sites is 1. The second kappa shape index (κ2) is 6.77. The van der Waals surface area contributed by atoms with Crippen molar-refractivity contribution in [1.82, 2.24) is 4.90 Å². The van der Waals surface area contributed by atoms with Gasteiger partial charge in [-0.2, -0.15) is 0 Å². The molecule has 2 heterocycles. The van der Waals surface area contributed by atoms with Crippen molar-refractivity contribution in [3.63, 3.8) is 0 Å². The highest BCUT2D eigenvalue weighted by Crippen LogP contribution is 2.37. The highest BCUT2D eigenvalue weighted by atomic mass is 16.6. The predicted octanol–water partition coefficient (Wildman–Crippen LogP) is 2.34. The van der Waals surface area contributed by atoms with Crippen LogP contribution in [0.4, 0.5) is 0 Å². The molecule has 1 aromatic carbocycles. The molecule has 1 atom stereocenters. The van der Waals surface area contributed by atoms with Crippen LogP contribution < -0.4 is 4.74 Å². The van der Waals surface area contributed by atoms with E-state index in [1.54, 1.807) is 7.11 Å². The molecule has 0 saturated carbocycles. The van der Waals surface area contributed by atoms with Gasteiger partial charge in [-0.1, -0.05) is 18.2 Å². The molecule has 1 spiro atoms. The SMILES string of the molecule is COCCN1CCC2(CC1)C[C@@H](Oc1ccccc1)CO2.